The van der Waals surface area contributed by atoms with Crippen molar-refractivity contribution in [3.8, 4) is 0 Å². The number of nitrogens with one attached hydrogen (secondary N) is 1. The summed E-state index contributed by atoms with van der Waals surface area (Å²) in [5.74, 6) is -6.36. The van der Waals surface area contributed by atoms with E-state index in [0.29, 0.717) is 0 Å². The van der Waals surface area contributed by atoms with Gasteiger partial charge in [0.25, 0.3) is 0 Å². The molecule has 120 valence electrons. The molecule has 1 amide bonds. The fraction of sp³-hybridized carbons (Fsp3) is 0.900. The third-order valence-electron chi connectivity index (χ3n) is 2.41. The Morgan fingerprint density at radius 1 is 1.20 bits per heavy atom. The van der Waals surface area contributed by atoms with E-state index in [-0.39, 0.29) is 13.0 Å². The Labute approximate surface area is 111 Å². The van der Waals surface area contributed by atoms with Gasteiger partial charge in [0.05, 0.1) is 5.60 Å². The van der Waals surface area contributed by atoms with Crippen molar-refractivity contribution in [1.82, 2.24) is 5.32 Å². The zero-order valence-electron chi connectivity index (χ0n) is 10.7. The van der Waals surface area contributed by atoms with Crippen LogP contribution in [0.4, 0.5) is 26.3 Å². The number of ether oxygens (including phenoxy) is 1. The first-order chi connectivity index (χ1) is 8.81. The highest BCUT2D eigenvalue weighted by molar-refractivity contribution is 5.80. The van der Waals surface area contributed by atoms with Gasteiger partial charge in [-0.3, -0.25) is 4.79 Å². The molecule has 1 unspecified atom stereocenters. The Balaban J connectivity index is 4.73. The molecular formula is C10H15F6NO3. The van der Waals surface area contributed by atoms with Gasteiger partial charge in [0, 0.05) is 26.7 Å². The highest BCUT2D eigenvalue weighted by atomic mass is 19.4. The molecule has 0 saturated heterocycles. The summed E-state index contributed by atoms with van der Waals surface area (Å²) >= 11 is 0. The maximum Gasteiger partial charge on any atom is 0.409 e. The van der Waals surface area contributed by atoms with E-state index in [1.165, 1.54) is 12.4 Å². The lowest BCUT2D eigenvalue weighted by atomic mass is 10.0. The van der Waals surface area contributed by atoms with Gasteiger partial charge in [-0.2, -0.15) is 26.3 Å². The topological polar surface area (TPSA) is 58.6 Å². The minimum Gasteiger partial charge on any atom is -0.388 e. The molecule has 10 heteroatoms. The van der Waals surface area contributed by atoms with Crippen molar-refractivity contribution in [2.24, 2.45) is 5.92 Å². The zero-order chi connectivity index (χ0) is 16.2. The summed E-state index contributed by atoms with van der Waals surface area (Å²) in [7, 11) is 1.30. The normalized spacial score (nSPS) is 16.1. The first-order valence-electron chi connectivity index (χ1n) is 5.44. The van der Waals surface area contributed by atoms with Crippen LogP contribution in [0.25, 0.3) is 0 Å². The molecule has 0 aromatic heterocycles. The maximum absolute atomic E-state index is 12.2. The molecule has 0 aromatic carbocycles. The summed E-state index contributed by atoms with van der Waals surface area (Å²) in [6.07, 6.45) is -11.6. The molecule has 0 saturated carbocycles. The van der Waals surface area contributed by atoms with Crippen LogP contribution in [0.3, 0.4) is 0 Å². The van der Waals surface area contributed by atoms with Gasteiger partial charge in [-0.05, 0) is 6.92 Å². The number of methoxy groups -OCH3 is 1. The molecule has 0 radical (unpaired) electrons. The zero-order valence-corrected chi connectivity index (χ0v) is 10.7. The number of aliphatic hydroxyl groups is 1. The molecule has 0 aliphatic rings. The van der Waals surface area contributed by atoms with Crippen molar-refractivity contribution in [3.63, 3.8) is 0 Å². The Morgan fingerprint density at radius 2 is 1.65 bits per heavy atom. The molecule has 0 aliphatic heterocycles. The Bertz CT molecular complexity index is 312. The van der Waals surface area contributed by atoms with E-state index in [0.717, 1.165) is 6.92 Å². The number of carbonyl (C=O) groups is 1. The predicted octanol–water partition coefficient (Wildman–Crippen LogP) is 1.63. The van der Waals surface area contributed by atoms with E-state index in [1.54, 1.807) is 0 Å². The second-order valence-electron chi connectivity index (χ2n) is 4.47. The first-order valence-corrected chi connectivity index (χ1v) is 5.44. The molecule has 0 aromatic rings. The number of alkyl halides is 6. The van der Waals surface area contributed by atoms with Crippen LogP contribution in [0.15, 0.2) is 0 Å². The van der Waals surface area contributed by atoms with Crippen LogP contribution in [-0.2, 0) is 9.53 Å². The molecule has 0 rings (SSSR count). The van der Waals surface area contributed by atoms with Crippen LogP contribution in [0.5, 0.6) is 0 Å². The molecule has 0 aliphatic carbocycles. The van der Waals surface area contributed by atoms with Crippen LogP contribution in [0.2, 0.25) is 0 Å². The Kier molecular flexibility index (Phi) is 6.27. The van der Waals surface area contributed by atoms with Crippen LogP contribution >= 0.6 is 0 Å². The third-order valence-corrected chi connectivity index (χ3v) is 2.41. The Morgan fingerprint density at radius 3 is 2.00 bits per heavy atom. The molecule has 0 fully saturated rings. The van der Waals surface area contributed by atoms with Crippen molar-refractivity contribution in [2.45, 2.75) is 31.3 Å². The molecule has 4 nitrogen and oxygen atoms in total. The summed E-state index contributed by atoms with van der Waals surface area (Å²) in [6, 6.07) is 0. The van der Waals surface area contributed by atoms with Crippen LogP contribution in [-0.4, -0.2) is 49.2 Å². The van der Waals surface area contributed by atoms with Gasteiger partial charge in [-0.15, -0.1) is 0 Å². The quantitative estimate of drug-likeness (QED) is 0.733. The largest absolute Gasteiger partial charge is 0.409 e. The summed E-state index contributed by atoms with van der Waals surface area (Å²) in [4.78, 5) is 11.1. The highest BCUT2D eigenvalue weighted by Gasteiger charge is 2.61. The molecule has 0 bridgehead atoms. The van der Waals surface area contributed by atoms with Crippen molar-refractivity contribution >= 4 is 5.91 Å². The van der Waals surface area contributed by atoms with Gasteiger partial charge in [0.1, 0.15) is 0 Å². The van der Waals surface area contributed by atoms with Gasteiger partial charge >= 0.3 is 12.4 Å². The monoisotopic (exact) mass is 311 g/mol. The lowest BCUT2D eigenvalue weighted by molar-refractivity contribution is -0.274. The minimum absolute atomic E-state index is 0.0326. The number of hydrogen-bond acceptors (Lipinski definition) is 3. The standard InChI is InChI=1S/C10H15F6NO3/c1-8(19,3-4-20-2)5-17-7(18)6(9(11,12)13)10(14,15)16/h6,19H,3-5H2,1-2H3,(H,17,18). The lowest BCUT2D eigenvalue weighted by Crippen LogP contribution is -2.51. The Hall–Kier alpha value is -1.03. The SMILES string of the molecule is COCCC(C)(O)CNC(=O)C(C(F)(F)F)C(F)(F)F. The second-order valence-corrected chi connectivity index (χ2v) is 4.47. The molecule has 1 atom stereocenters. The molecule has 0 spiro atoms. The van der Waals surface area contributed by atoms with Crippen molar-refractivity contribution in [3.05, 3.63) is 0 Å². The summed E-state index contributed by atoms with van der Waals surface area (Å²) in [5.41, 5.74) is -1.67. The summed E-state index contributed by atoms with van der Waals surface area (Å²) in [5, 5.41) is 11.1. The van der Waals surface area contributed by atoms with Crippen LogP contribution in [0.1, 0.15) is 13.3 Å². The third kappa shape index (κ3) is 6.42. The van der Waals surface area contributed by atoms with E-state index in [4.69, 9.17) is 0 Å². The van der Waals surface area contributed by atoms with Gasteiger partial charge < -0.3 is 15.2 Å². The van der Waals surface area contributed by atoms with E-state index in [2.05, 4.69) is 4.74 Å². The fourth-order valence-corrected chi connectivity index (χ4v) is 1.27. The maximum atomic E-state index is 12.2. The highest BCUT2D eigenvalue weighted by Crippen LogP contribution is 2.39. The van der Waals surface area contributed by atoms with Gasteiger partial charge in [-0.25, -0.2) is 0 Å². The smallest absolute Gasteiger partial charge is 0.388 e. The molecule has 0 heterocycles. The van der Waals surface area contributed by atoms with E-state index >= 15 is 0 Å². The molecule has 20 heavy (non-hydrogen) atoms. The number of carbonyl (C=O) groups excluding carboxylic acids is 1. The van der Waals surface area contributed by atoms with Crippen molar-refractivity contribution < 1.29 is 41.0 Å². The summed E-state index contributed by atoms with van der Waals surface area (Å²) < 4.78 is 78.0. The fourth-order valence-electron chi connectivity index (χ4n) is 1.27. The van der Waals surface area contributed by atoms with Crippen LogP contribution in [0, 0.1) is 5.92 Å². The first kappa shape index (κ1) is 19.0. The van der Waals surface area contributed by atoms with Gasteiger partial charge in [0.15, 0.2) is 0 Å². The predicted molar refractivity (Wildman–Crippen MR) is 55.7 cm³/mol. The number of amides is 1. The lowest BCUT2D eigenvalue weighted by Gasteiger charge is -2.26. The number of hydrogen-bond donors (Lipinski definition) is 2. The second kappa shape index (κ2) is 6.61. The number of halogens is 6. The average Bonchev–Trinajstić information content (AvgIpc) is 2.20. The number of rotatable bonds is 6. The van der Waals surface area contributed by atoms with E-state index in [1.807, 2.05) is 0 Å². The van der Waals surface area contributed by atoms with E-state index < -0.39 is 36.3 Å². The van der Waals surface area contributed by atoms with E-state index in [9.17, 15) is 36.2 Å². The molecular weight excluding hydrogens is 296 g/mol. The van der Waals surface area contributed by atoms with Gasteiger partial charge in [-0.1, -0.05) is 0 Å². The van der Waals surface area contributed by atoms with Crippen molar-refractivity contribution in [2.75, 3.05) is 20.3 Å². The minimum atomic E-state index is -5.75. The van der Waals surface area contributed by atoms with Crippen LogP contribution < -0.4 is 5.32 Å². The van der Waals surface area contributed by atoms with Crippen molar-refractivity contribution in [1.29, 1.82) is 0 Å². The van der Waals surface area contributed by atoms with Gasteiger partial charge in [0.2, 0.25) is 11.8 Å². The average molecular weight is 311 g/mol. The summed E-state index contributed by atoms with van der Waals surface area (Å²) in [6.45, 7) is 0.436. The molecule has 2 N–H and O–H groups in total.